The van der Waals surface area contributed by atoms with Gasteiger partial charge in [0.25, 0.3) is 0 Å². The van der Waals surface area contributed by atoms with Crippen LogP contribution in [0, 0.1) is 0 Å². The summed E-state index contributed by atoms with van der Waals surface area (Å²) in [5.41, 5.74) is -1.46. The Kier molecular flexibility index (Phi) is 5.23. The van der Waals surface area contributed by atoms with Gasteiger partial charge in [-0.2, -0.15) is 0 Å². The van der Waals surface area contributed by atoms with Crippen LogP contribution in [0.5, 0.6) is 0 Å². The molecule has 1 unspecified atom stereocenters. The van der Waals surface area contributed by atoms with Crippen LogP contribution in [0.2, 0.25) is 0 Å². The Bertz CT molecular complexity index is 830. The lowest BCUT2D eigenvalue weighted by Gasteiger charge is -2.24. The maximum absolute atomic E-state index is 12.3. The third-order valence-corrected chi connectivity index (χ3v) is 4.20. The minimum atomic E-state index is -2.05. The molecule has 27 heavy (non-hydrogen) atoms. The molecule has 0 aromatic heterocycles. The van der Waals surface area contributed by atoms with Crippen molar-refractivity contribution in [2.45, 2.75) is 24.7 Å². The van der Waals surface area contributed by atoms with E-state index in [2.05, 4.69) is 0 Å². The number of esters is 3. The molecule has 1 saturated heterocycles. The summed E-state index contributed by atoms with van der Waals surface area (Å²) in [4.78, 5) is 36.3. The molecule has 1 aliphatic heterocycles. The number of aliphatic hydroxyl groups is 1. The van der Waals surface area contributed by atoms with Gasteiger partial charge in [-0.05, 0) is 31.2 Å². The van der Waals surface area contributed by atoms with Gasteiger partial charge >= 0.3 is 17.9 Å². The van der Waals surface area contributed by atoms with Gasteiger partial charge in [0.2, 0.25) is 0 Å². The van der Waals surface area contributed by atoms with Crippen molar-refractivity contribution in [3.63, 3.8) is 0 Å². The largest absolute Gasteiger partial charge is 0.458 e. The summed E-state index contributed by atoms with van der Waals surface area (Å²) in [6.45, 7) is 0.833. The lowest BCUT2D eigenvalue weighted by Crippen LogP contribution is -2.47. The average Bonchev–Trinajstić information content (AvgIpc) is 2.90. The van der Waals surface area contributed by atoms with Gasteiger partial charge in [0.1, 0.15) is 6.61 Å². The number of ether oxygens (including phenoxy) is 3. The van der Waals surface area contributed by atoms with Crippen molar-refractivity contribution in [1.29, 1.82) is 0 Å². The summed E-state index contributed by atoms with van der Waals surface area (Å²) in [6.07, 6.45) is -2.44. The Labute approximate surface area is 155 Å². The van der Waals surface area contributed by atoms with Crippen molar-refractivity contribution >= 4 is 17.9 Å². The van der Waals surface area contributed by atoms with Gasteiger partial charge in [-0.1, -0.05) is 36.4 Å². The van der Waals surface area contributed by atoms with Crippen molar-refractivity contribution < 1.29 is 33.7 Å². The summed E-state index contributed by atoms with van der Waals surface area (Å²) in [5, 5.41) is 10.4. The highest BCUT2D eigenvalue weighted by molar-refractivity contribution is 5.91. The Hall–Kier alpha value is -3.19. The highest BCUT2D eigenvalue weighted by Gasteiger charge is 2.56. The van der Waals surface area contributed by atoms with E-state index < -0.39 is 35.7 Å². The molecular formula is C20H18O7. The first kappa shape index (κ1) is 18.6. The molecule has 140 valence electrons. The number of benzene rings is 2. The third kappa shape index (κ3) is 3.98. The number of cyclic esters (lactones) is 1. The van der Waals surface area contributed by atoms with E-state index in [-0.39, 0.29) is 12.2 Å². The molecule has 3 atom stereocenters. The van der Waals surface area contributed by atoms with E-state index in [1.54, 1.807) is 60.7 Å². The summed E-state index contributed by atoms with van der Waals surface area (Å²) < 4.78 is 15.5. The van der Waals surface area contributed by atoms with E-state index >= 15 is 0 Å². The van der Waals surface area contributed by atoms with Crippen molar-refractivity contribution in [3.05, 3.63) is 71.8 Å². The molecule has 1 aliphatic rings. The second kappa shape index (κ2) is 7.59. The molecular weight excluding hydrogens is 352 g/mol. The molecule has 2 aromatic rings. The predicted octanol–water partition coefficient (Wildman–Crippen LogP) is 1.75. The fourth-order valence-electron chi connectivity index (χ4n) is 2.68. The Morgan fingerprint density at radius 3 is 2.07 bits per heavy atom. The number of carbonyl (C=O) groups excluding carboxylic acids is 3. The molecule has 0 saturated carbocycles. The molecule has 2 aromatic carbocycles. The highest BCUT2D eigenvalue weighted by Crippen LogP contribution is 2.30. The van der Waals surface area contributed by atoms with Crippen molar-refractivity contribution in [2.24, 2.45) is 0 Å². The van der Waals surface area contributed by atoms with Crippen LogP contribution in [0.4, 0.5) is 0 Å². The molecule has 1 N–H and O–H groups in total. The predicted molar refractivity (Wildman–Crippen MR) is 92.9 cm³/mol. The molecule has 3 rings (SSSR count). The maximum atomic E-state index is 12.3. The van der Waals surface area contributed by atoms with E-state index in [1.165, 1.54) is 6.92 Å². The van der Waals surface area contributed by atoms with Crippen molar-refractivity contribution in [3.8, 4) is 0 Å². The van der Waals surface area contributed by atoms with Crippen molar-refractivity contribution in [1.82, 2.24) is 0 Å². The first-order valence-corrected chi connectivity index (χ1v) is 8.31. The Morgan fingerprint density at radius 2 is 1.52 bits per heavy atom. The van der Waals surface area contributed by atoms with Crippen LogP contribution >= 0.6 is 0 Å². The molecule has 0 radical (unpaired) electrons. The quantitative estimate of drug-likeness (QED) is 0.632. The third-order valence-electron chi connectivity index (χ3n) is 4.20. The molecule has 1 fully saturated rings. The fraction of sp³-hybridized carbons (Fsp3) is 0.250. The van der Waals surface area contributed by atoms with Gasteiger partial charge in [-0.25, -0.2) is 14.4 Å². The molecule has 0 spiro atoms. The zero-order chi connectivity index (χ0) is 19.4. The summed E-state index contributed by atoms with van der Waals surface area (Å²) in [7, 11) is 0. The zero-order valence-electron chi connectivity index (χ0n) is 14.5. The molecule has 0 aliphatic carbocycles. The number of rotatable bonds is 5. The minimum Gasteiger partial charge on any atom is -0.458 e. The normalized spacial score (nSPS) is 24.1. The number of hydrogen-bond acceptors (Lipinski definition) is 7. The average molecular weight is 370 g/mol. The van der Waals surface area contributed by atoms with Crippen molar-refractivity contribution in [2.75, 3.05) is 6.61 Å². The topological polar surface area (TPSA) is 99.1 Å². The second-order valence-electron chi connectivity index (χ2n) is 6.25. The Morgan fingerprint density at radius 1 is 1.00 bits per heavy atom. The second-order valence-corrected chi connectivity index (χ2v) is 6.25. The molecule has 7 nitrogen and oxygen atoms in total. The SMILES string of the molecule is C[C@@]1(O)C(=O)OC(COC(=O)c2ccccc2)[C@H]1OC(=O)c1ccccc1. The monoisotopic (exact) mass is 370 g/mol. The van der Waals surface area contributed by atoms with Crippen LogP contribution in [-0.4, -0.2) is 47.4 Å². The van der Waals surface area contributed by atoms with E-state index in [0.29, 0.717) is 5.56 Å². The minimum absolute atomic E-state index is 0.257. The van der Waals surface area contributed by atoms with Crippen LogP contribution in [0.15, 0.2) is 60.7 Å². The molecule has 7 heteroatoms. The van der Waals surface area contributed by atoms with Crippen LogP contribution < -0.4 is 0 Å². The Balaban J connectivity index is 1.70. The molecule has 0 amide bonds. The van der Waals surface area contributed by atoms with Crippen LogP contribution in [0.3, 0.4) is 0 Å². The number of hydrogen-bond donors (Lipinski definition) is 1. The first-order chi connectivity index (χ1) is 12.9. The first-order valence-electron chi connectivity index (χ1n) is 8.31. The molecule has 1 heterocycles. The lowest BCUT2D eigenvalue weighted by atomic mass is 9.98. The van der Waals surface area contributed by atoms with Gasteiger partial charge in [0.05, 0.1) is 11.1 Å². The van der Waals surface area contributed by atoms with Gasteiger partial charge in [-0.15, -0.1) is 0 Å². The smallest absolute Gasteiger partial charge is 0.342 e. The lowest BCUT2D eigenvalue weighted by molar-refractivity contribution is -0.155. The highest BCUT2D eigenvalue weighted by atomic mass is 16.6. The van der Waals surface area contributed by atoms with E-state index in [4.69, 9.17) is 14.2 Å². The van der Waals surface area contributed by atoms with Gasteiger partial charge in [-0.3, -0.25) is 0 Å². The summed E-state index contributed by atoms with van der Waals surface area (Å²) >= 11 is 0. The van der Waals surface area contributed by atoms with Crippen LogP contribution in [0.25, 0.3) is 0 Å². The standard InChI is InChI=1S/C20H18O7/c1-20(24)16(27-18(22)14-10-6-3-7-11-14)15(26-19(20)23)12-25-17(21)13-8-4-2-5-9-13/h2-11,15-16,24H,12H2,1H3/t15?,16-,20+/m1/s1. The van der Waals surface area contributed by atoms with E-state index in [0.717, 1.165) is 0 Å². The van der Waals surface area contributed by atoms with Crippen LogP contribution in [0.1, 0.15) is 27.6 Å². The maximum Gasteiger partial charge on any atom is 0.342 e. The van der Waals surface area contributed by atoms with E-state index in [1.807, 2.05) is 0 Å². The van der Waals surface area contributed by atoms with Gasteiger partial charge < -0.3 is 19.3 Å². The zero-order valence-corrected chi connectivity index (χ0v) is 14.5. The summed E-state index contributed by atoms with van der Waals surface area (Å²) in [6, 6.07) is 16.4. The summed E-state index contributed by atoms with van der Waals surface area (Å²) in [5.74, 6) is -2.29. The van der Waals surface area contributed by atoms with Crippen LogP contribution in [-0.2, 0) is 19.0 Å². The number of carbonyl (C=O) groups is 3. The molecule has 0 bridgehead atoms. The fourth-order valence-corrected chi connectivity index (χ4v) is 2.68. The van der Waals surface area contributed by atoms with Gasteiger partial charge in [0.15, 0.2) is 17.8 Å². The van der Waals surface area contributed by atoms with Gasteiger partial charge in [0, 0.05) is 0 Å². The van der Waals surface area contributed by atoms with E-state index in [9.17, 15) is 19.5 Å².